The molecule has 0 bridgehead atoms. The fourth-order valence-electron chi connectivity index (χ4n) is 3.71. The van der Waals surface area contributed by atoms with E-state index in [2.05, 4.69) is 10.3 Å². The molecule has 0 saturated carbocycles. The maximum absolute atomic E-state index is 13.1. The molecule has 1 aliphatic heterocycles. The minimum absolute atomic E-state index is 0.115. The van der Waals surface area contributed by atoms with Crippen LogP contribution in [0.1, 0.15) is 23.2 Å². The molecule has 7 nitrogen and oxygen atoms in total. The Morgan fingerprint density at radius 1 is 1.22 bits per heavy atom. The lowest BCUT2D eigenvalue weighted by Gasteiger charge is -2.34. The lowest BCUT2D eigenvalue weighted by Crippen LogP contribution is -2.48. The Morgan fingerprint density at radius 3 is 2.59 bits per heavy atom. The van der Waals surface area contributed by atoms with Crippen LogP contribution in [-0.2, 0) is 9.59 Å². The second kappa shape index (κ2) is 9.00. The molecule has 0 radical (unpaired) electrons. The summed E-state index contributed by atoms with van der Waals surface area (Å²) in [5.41, 5.74) is 2.97. The van der Waals surface area contributed by atoms with Crippen LogP contribution in [-0.4, -0.2) is 36.6 Å². The topological polar surface area (TPSA) is 80.8 Å². The number of carbonyl (C=O) groups excluding carboxylic acids is 2. The van der Waals surface area contributed by atoms with Crippen molar-refractivity contribution in [3.8, 4) is 22.8 Å². The fraction of sp³-hybridized carbons (Fsp3) is 0.292. The molecule has 0 saturated heterocycles. The molecule has 0 spiro atoms. The van der Waals surface area contributed by atoms with Gasteiger partial charge in [-0.05, 0) is 62.7 Å². The fourth-order valence-corrected chi connectivity index (χ4v) is 4.55. The largest absolute Gasteiger partial charge is 0.497 e. The lowest BCUT2D eigenvalue weighted by molar-refractivity contribution is -0.128. The molecule has 1 unspecified atom stereocenters. The predicted molar refractivity (Wildman–Crippen MR) is 126 cm³/mol. The maximum atomic E-state index is 13.1. The first-order chi connectivity index (χ1) is 15.4. The van der Waals surface area contributed by atoms with Gasteiger partial charge in [0.2, 0.25) is 5.91 Å². The molecular formula is C24H25N3O4S. The van der Waals surface area contributed by atoms with E-state index in [-0.39, 0.29) is 18.4 Å². The highest BCUT2D eigenvalue weighted by molar-refractivity contribution is 7.11. The van der Waals surface area contributed by atoms with Crippen molar-refractivity contribution in [3.05, 3.63) is 52.3 Å². The summed E-state index contributed by atoms with van der Waals surface area (Å²) in [7, 11) is 1.59. The Hall–Kier alpha value is -3.39. The van der Waals surface area contributed by atoms with Gasteiger partial charge < -0.3 is 14.8 Å². The quantitative estimate of drug-likeness (QED) is 0.593. The van der Waals surface area contributed by atoms with E-state index in [1.807, 2.05) is 39.0 Å². The van der Waals surface area contributed by atoms with E-state index in [0.29, 0.717) is 29.3 Å². The Bertz CT molecular complexity index is 1160. The summed E-state index contributed by atoms with van der Waals surface area (Å²) in [6.07, 6.45) is -0.105. The number of ether oxygens (including phenoxy) is 2. The predicted octanol–water partition coefficient (Wildman–Crippen LogP) is 4.58. The van der Waals surface area contributed by atoms with Gasteiger partial charge in [0.15, 0.2) is 6.10 Å². The number of anilines is 2. The second-order valence-electron chi connectivity index (χ2n) is 7.54. The number of methoxy groups -OCH3 is 1. The van der Waals surface area contributed by atoms with Crippen LogP contribution in [0.4, 0.5) is 11.4 Å². The van der Waals surface area contributed by atoms with Crippen molar-refractivity contribution in [2.45, 2.75) is 33.3 Å². The molecule has 0 aliphatic carbocycles. The Balaban J connectivity index is 1.63. The summed E-state index contributed by atoms with van der Waals surface area (Å²) >= 11 is 1.63. The van der Waals surface area contributed by atoms with Crippen molar-refractivity contribution < 1.29 is 19.1 Å². The summed E-state index contributed by atoms with van der Waals surface area (Å²) in [6, 6.07) is 12.7. The second-order valence-corrected chi connectivity index (χ2v) is 8.94. The first kappa shape index (κ1) is 21.8. The third-order valence-electron chi connectivity index (χ3n) is 5.28. The van der Waals surface area contributed by atoms with Gasteiger partial charge >= 0.3 is 0 Å². The molecule has 1 N–H and O–H groups in total. The highest BCUT2D eigenvalue weighted by atomic mass is 32.1. The molecule has 4 rings (SSSR count). The van der Waals surface area contributed by atoms with Crippen LogP contribution in [0, 0.1) is 13.8 Å². The molecule has 1 atom stereocenters. The highest BCUT2D eigenvalue weighted by Gasteiger charge is 2.35. The van der Waals surface area contributed by atoms with Gasteiger partial charge in [-0.25, -0.2) is 4.98 Å². The summed E-state index contributed by atoms with van der Waals surface area (Å²) in [5, 5.41) is 3.82. The number of carbonyl (C=O) groups is 2. The first-order valence-corrected chi connectivity index (χ1v) is 11.2. The average Bonchev–Trinajstić information content (AvgIpc) is 3.13. The number of amides is 2. The van der Waals surface area contributed by atoms with Crippen molar-refractivity contribution in [2.75, 3.05) is 23.9 Å². The minimum Gasteiger partial charge on any atom is -0.497 e. The first-order valence-electron chi connectivity index (χ1n) is 10.4. The molecule has 32 heavy (non-hydrogen) atoms. The van der Waals surface area contributed by atoms with E-state index < -0.39 is 6.10 Å². The number of nitrogens with zero attached hydrogens (tertiary/aromatic N) is 2. The Labute approximate surface area is 191 Å². The number of fused-ring (bicyclic) bond motifs is 1. The van der Waals surface area contributed by atoms with Crippen LogP contribution in [0.3, 0.4) is 0 Å². The molecule has 2 aromatic carbocycles. The SMILES string of the molecule is CCC1Oc2ccc(-c3nc(C)sc3C)cc2N(CC(=O)Nc2ccc(OC)cc2)C1=O. The molecule has 0 fully saturated rings. The Morgan fingerprint density at radius 2 is 1.97 bits per heavy atom. The summed E-state index contributed by atoms with van der Waals surface area (Å²) < 4.78 is 11.1. The van der Waals surface area contributed by atoms with Crippen molar-refractivity contribution >= 4 is 34.5 Å². The van der Waals surface area contributed by atoms with E-state index in [1.54, 1.807) is 42.7 Å². The van der Waals surface area contributed by atoms with E-state index in [1.165, 1.54) is 4.90 Å². The van der Waals surface area contributed by atoms with Crippen molar-refractivity contribution in [1.82, 2.24) is 4.98 Å². The number of nitrogens with one attached hydrogen (secondary N) is 1. The van der Waals surface area contributed by atoms with Gasteiger partial charge in [-0.2, -0.15) is 0 Å². The van der Waals surface area contributed by atoms with Gasteiger partial charge in [0.25, 0.3) is 5.91 Å². The standard InChI is InChI=1S/C24H25N3O4S/c1-5-20-24(29)27(13-22(28)26-17-7-9-18(30-4)10-8-17)19-12-16(6-11-21(19)31-20)23-14(2)32-15(3)25-23/h6-12,20H,5,13H2,1-4H3,(H,26,28). The van der Waals surface area contributed by atoms with Crippen LogP contribution < -0.4 is 19.7 Å². The van der Waals surface area contributed by atoms with Crippen molar-refractivity contribution in [3.63, 3.8) is 0 Å². The molecule has 1 aliphatic rings. The number of rotatable bonds is 6. The van der Waals surface area contributed by atoms with Gasteiger partial charge in [-0.15, -0.1) is 11.3 Å². The zero-order valence-corrected chi connectivity index (χ0v) is 19.3. The van der Waals surface area contributed by atoms with Crippen molar-refractivity contribution in [1.29, 1.82) is 0 Å². The molecule has 166 valence electrons. The summed E-state index contributed by atoms with van der Waals surface area (Å²) in [6.45, 7) is 5.76. The number of aromatic nitrogens is 1. The third-order valence-corrected chi connectivity index (χ3v) is 6.17. The van der Waals surface area contributed by atoms with Crippen molar-refractivity contribution in [2.24, 2.45) is 0 Å². The zero-order chi connectivity index (χ0) is 22.8. The lowest BCUT2D eigenvalue weighted by atomic mass is 10.1. The molecule has 2 heterocycles. The number of thiazole rings is 1. The van der Waals surface area contributed by atoms with E-state index in [0.717, 1.165) is 21.1 Å². The van der Waals surface area contributed by atoms with Gasteiger partial charge in [-0.3, -0.25) is 14.5 Å². The smallest absolute Gasteiger partial charge is 0.268 e. The summed E-state index contributed by atoms with van der Waals surface area (Å²) in [5.74, 6) is 0.763. The molecule has 8 heteroatoms. The number of hydrogen-bond acceptors (Lipinski definition) is 6. The molecule has 1 aromatic heterocycles. The number of benzene rings is 2. The van der Waals surface area contributed by atoms with Gasteiger partial charge in [-0.1, -0.05) is 6.92 Å². The Kier molecular flexibility index (Phi) is 6.14. The number of hydrogen-bond donors (Lipinski definition) is 1. The van der Waals surface area contributed by atoms with Crippen LogP contribution in [0.15, 0.2) is 42.5 Å². The van der Waals surface area contributed by atoms with Gasteiger partial charge in [0.05, 0.1) is 23.5 Å². The molecular weight excluding hydrogens is 426 g/mol. The zero-order valence-electron chi connectivity index (χ0n) is 18.5. The average molecular weight is 452 g/mol. The monoisotopic (exact) mass is 451 g/mol. The van der Waals surface area contributed by atoms with Crippen LogP contribution in [0.2, 0.25) is 0 Å². The van der Waals surface area contributed by atoms with E-state index in [9.17, 15) is 9.59 Å². The van der Waals surface area contributed by atoms with Crippen LogP contribution >= 0.6 is 11.3 Å². The summed E-state index contributed by atoms with van der Waals surface area (Å²) in [4.78, 5) is 33.1. The molecule has 3 aromatic rings. The van der Waals surface area contributed by atoms with E-state index >= 15 is 0 Å². The maximum Gasteiger partial charge on any atom is 0.268 e. The minimum atomic E-state index is -0.620. The number of aryl methyl sites for hydroxylation is 2. The normalized spacial score (nSPS) is 15.2. The van der Waals surface area contributed by atoms with Gasteiger partial charge in [0, 0.05) is 16.1 Å². The highest BCUT2D eigenvalue weighted by Crippen LogP contribution is 2.39. The van der Waals surface area contributed by atoms with Crippen LogP contribution in [0.25, 0.3) is 11.3 Å². The van der Waals surface area contributed by atoms with Gasteiger partial charge in [0.1, 0.15) is 18.0 Å². The van der Waals surface area contributed by atoms with E-state index in [4.69, 9.17) is 9.47 Å². The molecule has 2 amide bonds. The van der Waals surface area contributed by atoms with Crippen LogP contribution in [0.5, 0.6) is 11.5 Å². The third kappa shape index (κ3) is 4.31.